The number of rotatable bonds is 2. The maximum atomic E-state index is 2.46. The van der Waals surface area contributed by atoms with Gasteiger partial charge in [-0.25, -0.2) is 0 Å². The predicted molar refractivity (Wildman–Crippen MR) is 52.2 cm³/mol. The lowest BCUT2D eigenvalue weighted by Crippen LogP contribution is -2.16. The monoisotopic (exact) mass is 151 g/mol. The maximum absolute atomic E-state index is 2.46. The average Bonchev–Trinajstić information content (AvgIpc) is 2.15. The fourth-order valence-corrected chi connectivity index (χ4v) is 2.28. The van der Waals surface area contributed by atoms with Crippen LogP contribution in [0.1, 0.15) is 45.4 Å². The van der Waals surface area contributed by atoms with Gasteiger partial charge in [0, 0.05) is 0 Å². The molecule has 1 aliphatic rings. The summed E-state index contributed by atoms with van der Waals surface area (Å²) >= 11 is 0. The molecule has 1 aliphatic carbocycles. The van der Waals surface area contributed by atoms with Crippen molar-refractivity contribution in [1.82, 2.24) is 0 Å². The van der Waals surface area contributed by atoms with Crippen molar-refractivity contribution in [3.63, 3.8) is 0 Å². The molecule has 0 aliphatic heterocycles. The Kier molecular flexibility index (Phi) is 3.48. The van der Waals surface area contributed by atoms with Gasteiger partial charge in [-0.05, 0) is 18.3 Å². The summed E-state index contributed by atoms with van der Waals surface area (Å²) in [5.74, 6) is 0. The van der Waals surface area contributed by atoms with Gasteiger partial charge in [0.05, 0.1) is 0 Å². The standard InChI is InChI=1S/C10H20B/c1-10(9-11-2)7-5-3-4-6-8-10/h3-9H2,1-2H3. The molecule has 1 saturated carbocycles. The lowest BCUT2D eigenvalue weighted by molar-refractivity contribution is 0.313. The third-order valence-corrected chi connectivity index (χ3v) is 3.01. The van der Waals surface area contributed by atoms with Gasteiger partial charge in [-0.15, -0.1) is 0 Å². The van der Waals surface area contributed by atoms with E-state index in [1.54, 1.807) is 0 Å². The van der Waals surface area contributed by atoms with E-state index in [0.717, 1.165) is 0 Å². The van der Waals surface area contributed by atoms with Gasteiger partial charge in [0.15, 0.2) is 0 Å². The van der Waals surface area contributed by atoms with E-state index in [4.69, 9.17) is 0 Å². The normalized spacial score (nSPS) is 24.2. The van der Waals surface area contributed by atoms with E-state index >= 15 is 0 Å². The van der Waals surface area contributed by atoms with Crippen LogP contribution in [0.4, 0.5) is 0 Å². The van der Waals surface area contributed by atoms with Crippen molar-refractivity contribution in [2.24, 2.45) is 5.41 Å². The summed E-state index contributed by atoms with van der Waals surface area (Å²) < 4.78 is 0. The quantitative estimate of drug-likeness (QED) is 0.418. The Hall–Kier alpha value is 0.0649. The largest absolute Gasteiger partial charge is 0.106 e. The predicted octanol–water partition coefficient (Wildman–Crippen LogP) is 3.52. The van der Waals surface area contributed by atoms with E-state index in [0.29, 0.717) is 5.41 Å². The Morgan fingerprint density at radius 3 is 2.09 bits per heavy atom. The first-order valence-corrected chi connectivity index (χ1v) is 5.05. The highest BCUT2D eigenvalue weighted by Crippen LogP contribution is 2.37. The van der Waals surface area contributed by atoms with E-state index in [9.17, 15) is 0 Å². The Labute approximate surface area is 72.0 Å². The molecule has 1 heteroatoms. The minimum absolute atomic E-state index is 0.658. The zero-order chi connectivity index (χ0) is 8.16. The van der Waals surface area contributed by atoms with Gasteiger partial charge in [0.1, 0.15) is 7.28 Å². The second-order valence-electron chi connectivity index (χ2n) is 4.34. The van der Waals surface area contributed by atoms with Crippen LogP contribution in [0.15, 0.2) is 0 Å². The molecule has 0 amide bonds. The molecule has 0 aromatic rings. The Morgan fingerprint density at radius 1 is 1.09 bits per heavy atom. The SMILES string of the molecule is C[B]CC1(C)CCCCCC1. The zero-order valence-electron chi connectivity index (χ0n) is 8.03. The fourth-order valence-electron chi connectivity index (χ4n) is 2.28. The Bertz CT molecular complexity index is 101. The molecule has 0 atom stereocenters. The number of hydrogen-bond donors (Lipinski definition) is 0. The first-order chi connectivity index (χ1) is 5.27. The summed E-state index contributed by atoms with van der Waals surface area (Å²) in [6.07, 6.45) is 10.1. The van der Waals surface area contributed by atoms with Crippen LogP contribution in [0.3, 0.4) is 0 Å². The molecule has 0 bridgehead atoms. The van der Waals surface area contributed by atoms with Crippen LogP contribution in [0.5, 0.6) is 0 Å². The summed E-state index contributed by atoms with van der Waals surface area (Å²) in [6.45, 7) is 4.65. The number of hydrogen-bond acceptors (Lipinski definition) is 0. The van der Waals surface area contributed by atoms with E-state index in [2.05, 4.69) is 21.0 Å². The van der Waals surface area contributed by atoms with Crippen molar-refractivity contribution in [3.8, 4) is 0 Å². The summed E-state index contributed by atoms with van der Waals surface area (Å²) in [5, 5.41) is 0. The molecule has 0 N–H and O–H groups in total. The van der Waals surface area contributed by atoms with Crippen LogP contribution in [0, 0.1) is 5.41 Å². The smallest absolute Gasteiger partial charge is 0.0920 e. The summed E-state index contributed by atoms with van der Waals surface area (Å²) in [7, 11) is 2.34. The van der Waals surface area contributed by atoms with Crippen molar-refractivity contribution in [2.75, 3.05) is 0 Å². The lowest BCUT2D eigenvalue weighted by Gasteiger charge is -2.27. The molecule has 0 aromatic carbocycles. The lowest BCUT2D eigenvalue weighted by atomic mass is 9.63. The van der Waals surface area contributed by atoms with Crippen LogP contribution in [0.2, 0.25) is 13.1 Å². The first kappa shape index (κ1) is 9.16. The summed E-state index contributed by atoms with van der Waals surface area (Å²) in [4.78, 5) is 0. The second-order valence-corrected chi connectivity index (χ2v) is 4.34. The van der Waals surface area contributed by atoms with Crippen molar-refractivity contribution < 1.29 is 0 Å². The third-order valence-electron chi connectivity index (χ3n) is 3.01. The minimum Gasteiger partial charge on any atom is -0.0920 e. The van der Waals surface area contributed by atoms with Gasteiger partial charge >= 0.3 is 0 Å². The summed E-state index contributed by atoms with van der Waals surface area (Å²) in [6, 6.07) is 0. The second kappa shape index (κ2) is 4.18. The molecular weight excluding hydrogens is 131 g/mol. The molecular formula is C10H20B. The zero-order valence-corrected chi connectivity index (χ0v) is 8.03. The van der Waals surface area contributed by atoms with Gasteiger partial charge < -0.3 is 0 Å². The van der Waals surface area contributed by atoms with Gasteiger partial charge in [-0.1, -0.05) is 45.8 Å². The molecule has 1 rings (SSSR count). The highest BCUT2D eigenvalue weighted by atomic mass is 14.3. The third kappa shape index (κ3) is 2.88. The molecule has 1 radical (unpaired) electrons. The van der Waals surface area contributed by atoms with Crippen LogP contribution in [0.25, 0.3) is 0 Å². The molecule has 0 saturated heterocycles. The van der Waals surface area contributed by atoms with E-state index in [1.807, 2.05) is 0 Å². The minimum atomic E-state index is 0.658. The van der Waals surface area contributed by atoms with E-state index in [-0.39, 0.29) is 0 Å². The van der Waals surface area contributed by atoms with Gasteiger partial charge in [0.2, 0.25) is 0 Å². The average molecular weight is 151 g/mol. The Balaban J connectivity index is 2.38. The van der Waals surface area contributed by atoms with E-state index in [1.165, 1.54) is 44.8 Å². The molecule has 0 aromatic heterocycles. The molecule has 1 fully saturated rings. The molecule has 0 heterocycles. The molecule has 0 spiro atoms. The van der Waals surface area contributed by atoms with Crippen LogP contribution >= 0.6 is 0 Å². The topological polar surface area (TPSA) is 0 Å². The van der Waals surface area contributed by atoms with Gasteiger partial charge in [-0.2, -0.15) is 0 Å². The van der Waals surface area contributed by atoms with Crippen LogP contribution in [-0.4, -0.2) is 7.28 Å². The Morgan fingerprint density at radius 2 is 1.64 bits per heavy atom. The molecule has 11 heavy (non-hydrogen) atoms. The highest BCUT2D eigenvalue weighted by molar-refractivity contribution is 6.33. The van der Waals surface area contributed by atoms with Crippen molar-refractivity contribution >= 4 is 7.28 Å². The molecule has 63 valence electrons. The van der Waals surface area contributed by atoms with Crippen LogP contribution < -0.4 is 0 Å². The highest BCUT2D eigenvalue weighted by Gasteiger charge is 2.23. The van der Waals surface area contributed by atoms with Crippen molar-refractivity contribution in [1.29, 1.82) is 0 Å². The first-order valence-electron chi connectivity index (χ1n) is 5.05. The molecule has 0 nitrogen and oxygen atoms in total. The van der Waals surface area contributed by atoms with Crippen molar-refractivity contribution in [3.05, 3.63) is 0 Å². The van der Waals surface area contributed by atoms with Gasteiger partial charge in [0.25, 0.3) is 0 Å². The van der Waals surface area contributed by atoms with Crippen molar-refractivity contribution in [2.45, 2.75) is 58.6 Å². The molecule has 0 unspecified atom stereocenters. The fraction of sp³-hybridized carbons (Fsp3) is 1.00. The van der Waals surface area contributed by atoms with E-state index < -0.39 is 0 Å². The van der Waals surface area contributed by atoms with Gasteiger partial charge in [-0.3, -0.25) is 0 Å². The maximum Gasteiger partial charge on any atom is 0.106 e. The van der Waals surface area contributed by atoms with Crippen LogP contribution in [-0.2, 0) is 0 Å². The summed E-state index contributed by atoms with van der Waals surface area (Å²) in [5.41, 5.74) is 0.658.